The fraction of sp³-hybridized carbons (Fsp3) is 0.583. The Morgan fingerprint density at radius 2 is 2.36 bits per heavy atom. The summed E-state index contributed by atoms with van der Waals surface area (Å²) in [4.78, 5) is 4.12. The SMILES string of the molecule is Cc1cc(C(O)CCC2CC2)ccn1. The molecule has 2 nitrogen and oxygen atoms in total. The van der Waals surface area contributed by atoms with Gasteiger partial charge in [-0.2, -0.15) is 0 Å². The largest absolute Gasteiger partial charge is 0.388 e. The molecule has 1 unspecified atom stereocenters. The number of pyridine rings is 1. The van der Waals surface area contributed by atoms with Crippen LogP contribution in [0, 0.1) is 12.8 Å². The Morgan fingerprint density at radius 1 is 1.57 bits per heavy atom. The molecule has 1 aliphatic rings. The summed E-state index contributed by atoms with van der Waals surface area (Å²) in [6.07, 6.45) is 6.27. The zero-order chi connectivity index (χ0) is 9.97. The van der Waals surface area contributed by atoms with E-state index in [2.05, 4.69) is 4.98 Å². The zero-order valence-corrected chi connectivity index (χ0v) is 8.61. The van der Waals surface area contributed by atoms with Crippen molar-refractivity contribution in [2.75, 3.05) is 0 Å². The molecule has 0 bridgehead atoms. The van der Waals surface area contributed by atoms with Crippen LogP contribution in [0.4, 0.5) is 0 Å². The Balaban J connectivity index is 1.91. The summed E-state index contributed by atoms with van der Waals surface area (Å²) < 4.78 is 0. The predicted octanol–water partition coefficient (Wildman–Crippen LogP) is 2.61. The van der Waals surface area contributed by atoms with Crippen LogP contribution in [0.1, 0.15) is 43.0 Å². The van der Waals surface area contributed by atoms with E-state index in [0.29, 0.717) is 0 Å². The maximum Gasteiger partial charge on any atom is 0.0791 e. The zero-order valence-electron chi connectivity index (χ0n) is 8.61. The molecule has 2 heteroatoms. The lowest BCUT2D eigenvalue weighted by molar-refractivity contribution is 0.162. The van der Waals surface area contributed by atoms with Gasteiger partial charge in [-0.05, 0) is 43.4 Å². The molecular formula is C12H17NO. The fourth-order valence-electron chi connectivity index (χ4n) is 1.74. The van der Waals surface area contributed by atoms with E-state index in [1.54, 1.807) is 6.20 Å². The molecule has 1 aromatic rings. The van der Waals surface area contributed by atoms with Gasteiger partial charge in [-0.15, -0.1) is 0 Å². The molecule has 0 spiro atoms. The van der Waals surface area contributed by atoms with E-state index in [1.807, 2.05) is 19.1 Å². The molecular weight excluding hydrogens is 174 g/mol. The topological polar surface area (TPSA) is 33.1 Å². The molecule has 0 aromatic carbocycles. The van der Waals surface area contributed by atoms with Crippen LogP contribution < -0.4 is 0 Å². The molecule has 0 saturated heterocycles. The minimum absolute atomic E-state index is 0.294. The number of aliphatic hydroxyl groups excluding tert-OH is 1. The predicted molar refractivity (Wildman–Crippen MR) is 55.9 cm³/mol. The number of aromatic nitrogens is 1. The van der Waals surface area contributed by atoms with Crippen LogP contribution in [0.3, 0.4) is 0 Å². The van der Waals surface area contributed by atoms with Crippen molar-refractivity contribution in [2.45, 2.75) is 38.7 Å². The maximum absolute atomic E-state index is 9.89. The molecule has 14 heavy (non-hydrogen) atoms. The lowest BCUT2D eigenvalue weighted by Gasteiger charge is -2.10. The molecule has 2 rings (SSSR count). The highest BCUT2D eigenvalue weighted by Gasteiger charge is 2.22. The van der Waals surface area contributed by atoms with E-state index < -0.39 is 0 Å². The van der Waals surface area contributed by atoms with Crippen LogP contribution in [-0.2, 0) is 0 Å². The van der Waals surface area contributed by atoms with Gasteiger partial charge in [0.1, 0.15) is 0 Å². The molecule has 0 amide bonds. The van der Waals surface area contributed by atoms with Crippen molar-refractivity contribution in [2.24, 2.45) is 5.92 Å². The Bertz CT molecular complexity index is 307. The fourth-order valence-corrected chi connectivity index (χ4v) is 1.74. The lowest BCUT2D eigenvalue weighted by Crippen LogP contribution is -1.99. The van der Waals surface area contributed by atoms with Gasteiger partial charge in [-0.1, -0.05) is 12.8 Å². The Labute approximate surface area is 85.0 Å². The lowest BCUT2D eigenvalue weighted by atomic mass is 10.0. The Morgan fingerprint density at radius 3 is 3.00 bits per heavy atom. The van der Waals surface area contributed by atoms with Crippen molar-refractivity contribution in [1.82, 2.24) is 4.98 Å². The van der Waals surface area contributed by atoms with Gasteiger partial charge < -0.3 is 5.11 Å². The molecule has 0 radical (unpaired) electrons. The van der Waals surface area contributed by atoms with Gasteiger partial charge in [0, 0.05) is 11.9 Å². The van der Waals surface area contributed by atoms with Crippen LogP contribution in [0.5, 0.6) is 0 Å². The molecule has 1 heterocycles. The third-order valence-electron chi connectivity index (χ3n) is 2.85. The summed E-state index contributed by atoms with van der Waals surface area (Å²) in [5.74, 6) is 0.896. The van der Waals surface area contributed by atoms with Crippen LogP contribution in [0.15, 0.2) is 18.3 Å². The molecule has 1 fully saturated rings. The highest BCUT2D eigenvalue weighted by atomic mass is 16.3. The van der Waals surface area contributed by atoms with E-state index in [4.69, 9.17) is 0 Å². The van der Waals surface area contributed by atoms with E-state index >= 15 is 0 Å². The summed E-state index contributed by atoms with van der Waals surface area (Å²) in [5, 5.41) is 9.89. The average molecular weight is 191 g/mol. The second-order valence-corrected chi connectivity index (χ2v) is 4.27. The van der Waals surface area contributed by atoms with E-state index in [9.17, 15) is 5.11 Å². The number of aryl methyl sites for hydroxylation is 1. The van der Waals surface area contributed by atoms with Gasteiger partial charge in [-0.3, -0.25) is 4.98 Å². The summed E-state index contributed by atoms with van der Waals surface area (Å²) in [6.45, 7) is 1.96. The normalized spacial score (nSPS) is 18.1. The highest BCUT2D eigenvalue weighted by Crippen LogP contribution is 2.35. The van der Waals surface area contributed by atoms with Crippen molar-refractivity contribution in [3.05, 3.63) is 29.6 Å². The number of hydrogen-bond acceptors (Lipinski definition) is 2. The summed E-state index contributed by atoms with van der Waals surface area (Å²) in [5.41, 5.74) is 1.99. The molecule has 1 saturated carbocycles. The molecule has 1 N–H and O–H groups in total. The monoisotopic (exact) mass is 191 g/mol. The third kappa shape index (κ3) is 2.55. The Hall–Kier alpha value is -0.890. The Kier molecular flexibility index (Phi) is 2.82. The first-order chi connectivity index (χ1) is 6.75. The van der Waals surface area contributed by atoms with Crippen molar-refractivity contribution < 1.29 is 5.11 Å². The smallest absolute Gasteiger partial charge is 0.0791 e. The van der Waals surface area contributed by atoms with Gasteiger partial charge in [0.25, 0.3) is 0 Å². The second-order valence-electron chi connectivity index (χ2n) is 4.27. The van der Waals surface area contributed by atoms with Crippen LogP contribution in [-0.4, -0.2) is 10.1 Å². The van der Waals surface area contributed by atoms with Gasteiger partial charge in [0.2, 0.25) is 0 Å². The first kappa shape index (κ1) is 9.66. The van der Waals surface area contributed by atoms with Crippen molar-refractivity contribution in [3.63, 3.8) is 0 Å². The van der Waals surface area contributed by atoms with Gasteiger partial charge in [0.05, 0.1) is 6.10 Å². The van der Waals surface area contributed by atoms with Crippen LogP contribution in [0.2, 0.25) is 0 Å². The van der Waals surface area contributed by atoms with E-state index in [-0.39, 0.29) is 6.10 Å². The number of rotatable bonds is 4. The van der Waals surface area contributed by atoms with Gasteiger partial charge in [-0.25, -0.2) is 0 Å². The average Bonchev–Trinajstić information content (AvgIpc) is 2.97. The number of nitrogens with zero attached hydrogens (tertiary/aromatic N) is 1. The first-order valence-electron chi connectivity index (χ1n) is 5.36. The minimum Gasteiger partial charge on any atom is -0.388 e. The quantitative estimate of drug-likeness (QED) is 0.793. The minimum atomic E-state index is -0.294. The molecule has 1 aromatic heterocycles. The molecule has 0 aliphatic heterocycles. The van der Waals surface area contributed by atoms with Gasteiger partial charge >= 0.3 is 0 Å². The third-order valence-corrected chi connectivity index (χ3v) is 2.85. The standard InChI is InChI=1S/C12H17NO/c1-9-8-11(6-7-13-9)12(14)5-4-10-2-3-10/h6-8,10,12,14H,2-5H2,1H3. The van der Waals surface area contributed by atoms with Crippen molar-refractivity contribution in [3.8, 4) is 0 Å². The summed E-state index contributed by atoms with van der Waals surface area (Å²) >= 11 is 0. The first-order valence-corrected chi connectivity index (χ1v) is 5.36. The van der Waals surface area contributed by atoms with Crippen LogP contribution >= 0.6 is 0 Å². The summed E-state index contributed by atoms with van der Waals surface area (Å²) in [6, 6.07) is 3.88. The van der Waals surface area contributed by atoms with Crippen LogP contribution in [0.25, 0.3) is 0 Å². The molecule has 1 aliphatic carbocycles. The second kappa shape index (κ2) is 4.09. The highest BCUT2D eigenvalue weighted by molar-refractivity contribution is 5.17. The maximum atomic E-state index is 9.89. The van der Waals surface area contributed by atoms with Crippen molar-refractivity contribution >= 4 is 0 Å². The number of aliphatic hydroxyl groups is 1. The van der Waals surface area contributed by atoms with Crippen molar-refractivity contribution in [1.29, 1.82) is 0 Å². The van der Waals surface area contributed by atoms with E-state index in [0.717, 1.165) is 23.6 Å². The molecule has 1 atom stereocenters. The molecule has 76 valence electrons. The van der Waals surface area contributed by atoms with Gasteiger partial charge in [0.15, 0.2) is 0 Å². The number of hydrogen-bond donors (Lipinski definition) is 1. The summed E-state index contributed by atoms with van der Waals surface area (Å²) in [7, 11) is 0. The van der Waals surface area contributed by atoms with E-state index in [1.165, 1.54) is 19.3 Å².